The number of alkyl halides is 3. The molecule has 0 atom stereocenters. The second kappa shape index (κ2) is 9.50. The number of hydrogen-bond acceptors (Lipinski definition) is 4. The van der Waals surface area contributed by atoms with E-state index in [0.717, 1.165) is 49.9 Å². The maximum Gasteiger partial charge on any atom is 0.416 e. The van der Waals surface area contributed by atoms with E-state index in [0.29, 0.717) is 6.54 Å². The maximum atomic E-state index is 12.6. The Morgan fingerprint density at radius 3 is 2.31 bits per heavy atom. The summed E-state index contributed by atoms with van der Waals surface area (Å²) in [5.41, 5.74) is -0.817. The summed E-state index contributed by atoms with van der Waals surface area (Å²) in [7, 11) is -2.52. The van der Waals surface area contributed by atoms with Crippen LogP contribution < -0.4 is 4.74 Å². The summed E-state index contributed by atoms with van der Waals surface area (Å²) < 4.78 is 72.8. The van der Waals surface area contributed by atoms with Crippen molar-refractivity contribution >= 4 is 16.2 Å². The lowest BCUT2D eigenvalue weighted by Gasteiger charge is -2.29. The Bertz CT molecular complexity index is 864. The van der Waals surface area contributed by atoms with Gasteiger partial charge in [0.1, 0.15) is 11.5 Å². The summed E-state index contributed by atoms with van der Waals surface area (Å²) >= 11 is 0. The average molecular weight is 433 g/mol. The normalized spacial score (nSPS) is 19.8. The number of carbonyl (C=O) groups excluding carboxylic acids is 1. The van der Waals surface area contributed by atoms with E-state index in [1.807, 2.05) is 0 Å². The molecule has 0 saturated heterocycles. The number of nitrogens with zero attached hydrogens (tertiary/aromatic N) is 1. The van der Waals surface area contributed by atoms with Crippen molar-refractivity contribution in [1.82, 2.24) is 4.90 Å². The molecule has 1 fully saturated rings. The van der Waals surface area contributed by atoms with Gasteiger partial charge in [0.15, 0.2) is 0 Å². The van der Waals surface area contributed by atoms with Crippen LogP contribution in [0.2, 0.25) is 0 Å². The van der Waals surface area contributed by atoms with E-state index >= 15 is 0 Å². The molecule has 1 N–H and O–H groups in total. The SMILES string of the molecule is CN(CC1CCC(C#CCS(=O)(=O)O)CC1)C(=O)Oc1ccc(C(F)(F)F)cc1. The van der Waals surface area contributed by atoms with Gasteiger partial charge in [-0.1, -0.05) is 11.8 Å². The van der Waals surface area contributed by atoms with Crippen molar-refractivity contribution < 1.29 is 35.7 Å². The quantitative estimate of drug-likeness (QED) is 0.576. The van der Waals surface area contributed by atoms with Gasteiger partial charge in [-0.2, -0.15) is 21.6 Å². The van der Waals surface area contributed by atoms with E-state index in [-0.39, 0.29) is 17.6 Å². The molecule has 1 saturated carbocycles. The van der Waals surface area contributed by atoms with Crippen molar-refractivity contribution in [2.24, 2.45) is 11.8 Å². The molecular weight excluding hydrogens is 411 g/mol. The highest BCUT2D eigenvalue weighted by Gasteiger charge is 2.30. The number of rotatable bonds is 4. The van der Waals surface area contributed by atoms with Crippen LogP contribution in [0.15, 0.2) is 24.3 Å². The van der Waals surface area contributed by atoms with E-state index in [4.69, 9.17) is 9.29 Å². The van der Waals surface area contributed by atoms with Crippen LogP contribution >= 0.6 is 0 Å². The fraction of sp³-hybridized carbons (Fsp3) is 0.526. The topological polar surface area (TPSA) is 83.9 Å². The molecule has 0 radical (unpaired) electrons. The monoisotopic (exact) mass is 433 g/mol. The molecule has 10 heteroatoms. The number of halogens is 3. The third-order valence-corrected chi connectivity index (χ3v) is 5.15. The molecule has 29 heavy (non-hydrogen) atoms. The third-order valence-electron chi connectivity index (χ3n) is 4.64. The first-order valence-corrected chi connectivity index (χ1v) is 10.6. The molecule has 1 amide bonds. The van der Waals surface area contributed by atoms with Crippen LogP contribution in [0.3, 0.4) is 0 Å². The molecule has 0 heterocycles. The number of amides is 1. The van der Waals surface area contributed by atoms with E-state index in [9.17, 15) is 26.4 Å². The largest absolute Gasteiger partial charge is 0.416 e. The Labute approximate surface area is 167 Å². The smallest absolute Gasteiger partial charge is 0.410 e. The third kappa shape index (κ3) is 7.95. The lowest BCUT2D eigenvalue weighted by molar-refractivity contribution is -0.137. The lowest BCUT2D eigenvalue weighted by Crippen LogP contribution is -2.35. The van der Waals surface area contributed by atoms with E-state index in [2.05, 4.69) is 11.8 Å². The Hall–Kier alpha value is -2.25. The van der Waals surface area contributed by atoms with Crippen LogP contribution in [0.4, 0.5) is 18.0 Å². The van der Waals surface area contributed by atoms with Crippen LogP contribution in [-0.4, -0.2) is 43.3 Å². The summed E-state index contributed by atoms with van der Waals surface area (Å²) in [5.74, 6) is 5.05. The molecule has 0 spiro atoms. The second-order valence-corrected chi connectivity index (χ2v) is 8.49. The Kier molecular flexibility index (Phi) is 7.54. The molecule has 1 aliphatic rings. The van der Waals surface area contributed by atoms with Crippen LogP contribution in [0.1, 0.15) is 31.2 Å². The van der Waals surface area contributed by atoms with Gasteiger partial charge in [0.25, 0.3) is 10.1 Å². The van der Waals surface area contributed by atoms with Gasteiger partial charge in [-0.3, -0.25) is 4.55 Å². The highest BCUT2D eigenvalue weighted by Crippen LogP contribution is 2.31. The van der Waals surface area contributed by atoms with E-state index < -0.39 is 33.7 Å². The van der Waals surface area contributed by atoms with Crippen molar-refractivity contribution in [3.05, 3.63) is 29.8 Å². The summed E-state index contributed by atoms with van der Waals surface area (Å²) in [6, 6.07) is 3.91. The zero-order valence-corrected chi connectivity index (χ0v) is 16.6. The molecule has 160 valence electrons. The van der Waals surface area contributed by atoms with E-state index in [1.54, 1.807) is 7.05 Å². The molecule has 0 bridgehead atoms. The van der Waals surface area contributed by atoms with Gasteiger partial charge in [0.2, 0.25) is 0 Å². The van der Waals surface area contributed by atoms with Crippen molar-refractivity contribution in [1.29, 1.82) is 0 Å². The number of benzene rings is 1. The first kappa shape index (κ1) is 23.0. The summed E-state index contributed by atoms with van der Waals surface area (Å²) in [6.07, 6.45) is -2.00. The maximum absolute atomic E-state index is 12.6. The van der Waals surface area contributed by atoms with Gasteiger partial charge < -0.3 is 9.64 Å². The van der Waals surface area contributed by atoms with Crippen LogP contribution in [0.25, 0.3) is 0 Å². The van der Waals surface area contributed by atoms with Gasteiger partial charge in [0, 0.05) is 19.5 Å². The Morgan fingerprint density at radius 2 is 1.79 bits per heavy atom. The molecule has 0 unspecified atom stereocenters. The minimum atomic E-state index is -4.45. The minimum Gasteiger partial charge on any atom is -0.410 e. The van der Waals surface area contributed by atoms with Gasteiger partial charge in [-0.25, -0.2) is 4.79 Å². The van der Waals surface area contributed by atoms with Gasteiger partial charge in [-0.05, 0) is 55.9 Å². The van der Waals surface area contributed by atoms with Crippen LogP contribution in [0.5, 0.6) is 5.75 Å². The molecule has 0 aliphatic heterocycles. The van der Waals surface area contributed by atoms with Crippen LogP contribution in [0, 0.1) is 23.7 Å². The predicted octanol–water partition coefficient (Wildman–Crippen LogP) is 3.83. The fourth-order valence-corrected chi connectivity index (χ4v) is 3.38. The highest BCUT2D eigenvalue weighted by atomic mass is 32.2. The van der Waals surface area contributed by atoms with Crippen molar-refractivity contribution in [3.63, 3.8) is 0 Å². The molecule has 1 aromatic rings. The highest BCUT2D eigenvalue weighted by molar-refractivity contribution is 7.86. The predicted molar refractivity (Wildman–Crippen MR) is 99.7 cm³/mol. The van der Waals surface area contributed by atoms with Crippen molar-refractivity contribution in [3.8, 4) is 17.6 Å². The van der Waals surface area contributed by atoms with Crippen molar-refractivity contribution in [2.75, 3.05) is 19.3 Å². The first-order valence-electron chi connectivity index (χ1n) is 8.98. The molecular formula is C19H22F3NO5S. The zero-order chi connectivity index (χ0) is 21.7. The first-order chi connectivity index (χ1) is 13.4. The second-order valence-electron chi connectivity index (χ2n) is 7.04. The Morgan fingerprint density at radius 1 is 1.21 bits per heavy atom. The summed E-state index contributed by atoms with van der Waals surface area (Å²) in [6.45, 7) is 0.435. The molecule has 0 aromatic heterocycles. The molecule has 2 rings (SSSR count). The van der Waals surface area contributed by atoms with Gasteiger partial charge in [0.05, 0.1) is 5.56 Å². The van der Waals surface area contributed by atoms with Crippen LogP contribution in [-0.2, 0) is 16.3 Å². The Balaban J connectivity index is 1.79. The molecule has 1 aromatic carbocycles. The standard InChI is InChI=1S/C19H22F3NO5S/c1-23(18(24)28-17-10-8-16(9-11-17)19(20,21)22)13-15-6-4-14(5-7-15)3-2-12-29(25,26)27/h8-11,14-15H,4-7,12-13H2,1H3,(H,25,26,27). The van der Waals surface area contributed by atoms with Gasteiger partial charge in [-0.15, -0.1) is 0 Å². The fourth-order valence-electron chi connectivity index (χ4n) is 3.12. The number of carbonyl (C=O) groups is 1. The molecule has 1 aliphatic carbocycles. The summed E-state index contributed by atoms with van der Waals surface area (Å²) in [4.78, 5) is 13.5. The summed E-state index contributed by atoms with van der Waals surface area (Å²) in [5, 5.41) is 0. The molecule has 6 nitrogen and oxygen atoms in total. The number of ether oxygens (including phenoxy) is 1. The average Bonchev–Trinajstić information content (AvgIpc) is 2.62. The van der Waals surface area contributed by atoms with Crippen molar-refractivity contribution in [2.45, 2.75) is 31.9 Å². The zero-order valence-electron chi connectivity index (χ0n) is 15.8. The van der Waals surface area contributed by atoms with E-state index in [1.165, 1.54) is 4.90 Å². The lowest BCUT2D eigenvalue weighted by atomic mass is 9.82. The van der Waals surface area contributed by atoms with Gasteiger partial charge >= 0.3 is 12.3 Å². The number of hydrogen-bond donors (Lipinski definition) is 1. The minimum absolute atomic E-state index is 0.0349.